The van der Waals surface area contributed by atoms with Crippen molar-refractivity contribution >= 4 is 18.2 Å². The van der Waals surface area contributed by atoms with Gasteiger partial charge in [0.2, 0.25) is 5.91 Å². The van der Waals surface area contributed by atoms with Crippen molar-refractivity contribution in [3.8, 4) is 0 Å². The molecular formula is C16H32N6O3. The Balaban J connectivity index is 2.62. The third-order valence-corrected chi connectivity index (χ3v) is 4.27. The van der Waals surface area contributed by atoms with Gasteiger partial charge in [-0.05, 0) is 31.6 Å². The Hall–Kier alpha value is -1.71. The molecule has 1 fully saturated rings. The molecule has 0 radical (unpaired) electrons. The second kappa shape index (κ2) is 10.3. The van der Waals surface area contributed by atoms with Crippen molar-refractivity contribution in [2.75, 3.05) is 6.54 Å². The zero-order valence-corrected chi connectivity index (χ0v) is 15.0. The molecule has 2 unspecified atom stereocenters. The molecule has 1 saturated carbocycles. The standard InChI is InChI=1S/C16H32N6O3/c1-9(2)6-10(8-23)21-15(25)12(4-3-5-20-16(18)19)22-13-7-11(17)14(13)24/h8-14,22,24H,3-7,17H2,1-2H3,(H,21,25)(H4,18,19,20)/t10-,11?,12-,13?,14-/m1/s1. The minimum absolute atomic E-state index is 0.00676. The van der Waals surface area contributed by atoms with Crippen molar-refractivity contribution in [3.05, 3.63) is 0 Å². The lowest BCUT2D eigenvalue weighted by atomic mass is 9.83. The summed E-state index contributed by atoms with van der Waals surface area (Å²) in [7, 11) is 0. The summed E-state index contributed by atoms with van der Waals surface area (Å²) >= 11 is 0. The van der Waals surface area contributed by atoms with Crippen LogP contribution >= 0.6 is 0 Å². The lowest BCUT2D eigenvalue weighted by Crippen LogP contribution is -2.65. The van der Waals surface area contributed by atoms with Crippen molar-refractivity contribution in [3.63, 3.8) is 0 Å². The highest BCUT2D eigenvalue weighted by Gasteiger charge is 2.39. The first-order chi connectivity index (χ1) is 11.7. The molecule has 9 nitrogen and oxygen atoms in total. The first-order valence-electron chi connectivity index (χ1n) is 8.75. The highest BCUT2D eigenvalue weighted by atomic mass is 16.3. The lowest BCUT2D eigenvalue weighted by Gasteiger charge is -2.41. The number of aliphatic imine (C=N–C) groups is 1. The van der Waals surface area contributed by atoms with Crippen LogP contribution in [-0.2, 0) is 9.59 Å². The van der Waals surface area contributed by atoms with E-state index in [0.29, 0.717) is 32.2 Å². The Morgan fingerprint density at radius 3 is 2.56 bits per heavy atom. The molecule has 25 heavy (non-hydrogen) atoms. The molecule has 0 aliphatic heterocycles. The van der Waals surface area contributed by atoms with Gasteiger partial charge >= 0.3 is 0 Å². The van der Waals surface area contributed by atoms with E-state index in [1.54, 1.807) is 0 Å². The summed E-state index contributed by atoms with van der Waals surface area (Å²) < 4.78 is 0. The number of hydrogen-bond donors (Lipinski definition) is 6. The Morgan fingerprint density at radius 2 is 2.08 bits per heavy atom. The Morgan fingerprint density at radius 1 is 1.40 bits per heavy atom. The summed E-state index contributed by atoms with van der Waals surface area (Å²) in [5.41, 5.74) is 16.3. The number of aliphatic hydroxyl groups is 1. The molecule has 1 amide bonds. The minimum atomic E-state index is -0.675. The van der Waals surface area contributed by atoms with Crippen LogP contribution < -0.4 is 27.8 Å². The highest BCUT2D eigenvalue weighted by molar-refractivity contribution is 5.84. The summed E-state index contributed by atoms with van der Waals surface area (Å²) in [6, 6.07) is -1.57. The number of carbonyl (C=O) groups excluding carboxylic acids is 2. The average molecular weight is 356 g/mol. The van der Waals surface area contributed by atoms with Crippen LogP contribution in [0.25, 0.3) is 0 Å². The summed E-state index contributed by atoms with van der Waals surface area (Å²) in [4.78, 5) is 27.6. The van der Waals surface area contributed by atoms with E-state index in [2.05, 4.69) is 15.6 Å². The number of aliphatic hydroxyl groups excluding tert-OH is 1. The fourth-order valence-electron chi connectivity index (χ4n) is 2.83. The molecule has 0 aromatic rings. The predicted molar refractivity (Wildman–Crippen MR) is 96.7 cm³/mol. The van der Waals surface area contributed by atoms with Crippen LogP contribution in [0.15, 0.2) is 4.99 Å². The third-order valence-electron chi connectivity index (χ3n) is 4.27. The van der Waals surface area contributed by atoms with Crippen molar-refractivity contribution in [2.24, 2.45) is 28.1 Å². The van der Waals surface area contributed by atoms with Gasteiger partial charge in [0.25, 0.3) is 0 Å². The molecule has 0 spiro atoms. The van der Waals surface area contributed by atoms with Crippen molar-refractivity contribution < 1.29 is 14.7 Å². The largest absolute Gasteiger partial charge is 0.390 e. The number of guanidine groups is 1. The summed E-state index contributed by atoms with van der Waals surface area (Å²) in [6.07, 6.45) is 2.32. The van der Waals surface area contributed by atoms with E-state index >= 15 is 0 Å². The van der Waals surface area contributed by atoms with E-state index in [4.69, 9.17) is 17.2 Å². The van der Waals surface area contributed by atoms with Crippen LogP contribution in [0.2, 0.25) is 0 Å². The van der Waals surface area contributed by atoms with Crippen LogP contribution in [-0.4, -0.2) is 60.1 Å². The number of nitrogens with one attached hydrogen (secondary N) is 2. The number of hydrogen-bond acceptors (Lipinski definition) is 6. The minimum Gasteiger partial charge on any atom is -0.390 e. The topological polar surface area (TPSA) is 169 Å². The lowest BCUT2D eigenvalue weighted by molar-refractivity contribution is -0.127. The summed E-state index contributed by atoms with van der Waals surface area (Å²) in [5.74, 6) is 0.0256. The highest BCUT2D eigenvalue weighted by Crippen LogP contribution is 2.20. The first kappa shape index (κ1) is 21.3. The van der Waals surface area contributed by atoms with Gasteiger partial charge in [0.1, 0.15) is 6.29 Å². The molecular weight excluding hydrogens is 324 g/mol. The number of nitrogens with two attached hydrogens (primary N) is 3. The number of amides is 1. The number of rotatable bonds is 11. The van der Waals surface area contributed by atoms with Crippen LogP contribution in [0.4, 0.5) is 0 Å². The maximum Gasteiger partial charge on any atom is 0.237 e. The molecule has 0 bridgehead atoms. The second-order valence-corrected chi connectivity index (χ2v) is 7.05. The number of carbonyl (C=O) groups is 2. The van der Waals surface area contributed by atoms with Crippen molar-refractivity contribution in [1.29, 1.82) is 0 Å². The fourth-order valence-corrected chi connectivity index (χ4v) is 2.83. The Labute approximate surface area is 148 Å². The van der Waals surface area contributed by atoms with Gasteiger partial charge in [-0.3, -0.25) is 9.79 Å². The molecule has 1 aliphatic carbocycles. The van der Waals surface area contributed by atoms with Crippen LogP contribution in [0.5, 0.6) is 0 Å². The van der Waals surface area contributed by atoms with Gasteiger partial charge < -0.3 is 37.7 Å². The summed E-state index contributed by atoms with van der Waals surface area (Å²) in [5, 5.41) is 15.8. The van der Waals surface area contributed by atoms with E-state index in [9.17, 15) is 14.7 Å². The van der Waals surface area contributed by atoms with Gasteiger partial charge in [-0.25, -0.2) is 0 Å². The van der Waals surface area contributed by atoms with Gasteiger partial charge in [0.05, 0.1) is 18.2 Å². The van der Waals surface area contributed by atoms with Gasteiger partial charge in [0, 0.05) is 18.6 Å². The van der Waals surface area contributed by atoms with Gasteiger partial charge in [-0.15, -0.1) is 0 Å². The third kappa shape index (κ3) is 7.37. The second-order valence-electron chi connectivity index (χ2n) is 7.05. The van der Waals surface area contributed by atoms with Crippen molar-refractivity contribution in [2.45, 2.75) is 69.8 Å². The maximum absolute atomic E-state index is 12.6. The zero-order valence-electron chi connectivity index (χ0n) is 15.0. The van der Waals surface area contributed by atoms with Crippen molar-refractivity contribution in [1.82, 2.24) is 10.6 Å². The molecule has 1 rings (SSSR count). The Bertz CT molecular complexity index is 467. The smallest absolute Gasteiger partial charge is 0.237 e. The number of nitrogens with zero attached hydrogens (tertiary/aromatic N) is 1. The molecule has 9 heteroatoms. The first-order valence-corrected chi connectivity index (χ1v) is 8.75. The molecule has 0 heterocycles. The van der Waals surface area contributed by atoms with Crippen LogP contribution in [0, 0.1) is 5.92 Å². The fraction of sp³-hybridized carbons (Fsp3) is 0.812. The van der Waals surface area contributed by atoms with Gasteiger partial charge in [-0.2, -0.15) is 0 Å². The average Bonchev–Trinajstić information content (AvgIpc) is 2.54. The monoisotopic (exact) mass is 356 g/mol. The van der Waals surface area contributed by atoms with E-state index in [0.717, 1.165) is 6.29 Å². The van der Waals surface area contributed by atoms with Crippen LogP contribution in [0.1, 0.15) is 39.5 Å². The van der Waals surface area contributed by atoms with E-state index < -0.39 is 18.2 Å². The molecule has 5 atom stereocenters. The van der Waals surface area contributed by atoms with E-state index in [1.165, 1.54) is 0 Å². The normalized spacial score (nSPS) is 24.9. The van der Waals surface area contributed by atoms with Crippen LogP contribution in [0.3, 0.4) is 0 Å². The Kier molecular flexibility index (Phi) is 8.81. The zero-order chi connectivity index (χ0) is 19.0. The van der Waals surface area contributed by atoms with Gasteiger partial charge in [0.15, 0.2) is 5.96 Å². The summed E-state index contributed by atoms with van der Waals surface area (Å²) in [6.45, 7) is 4.38. The maximum atomic E-state index is 12.6. The molecule has 0 saturated heterocycles. The van der Waals surface area contributed by atoms with Gasteiger partial charge in [-0.1, -0.05) is 13.8 Å². The SMILES string of the molecule is CC(C)C[C@H](C=O)NC(=O)[C@@H](CCCN=C(N)N)NC1CC(N)[C@H]1O. The molecule has 144 valence electrons. The number of aldehydes is 1. The molecule has 9 N–H and O–H groups in total. The molecule has 0 aromatic heterocycles. The van der Waals surface area contributed by atoms with E-state index in [1.807, 2.05) is 13.8 Å². The predicted octanol–water partition coefficient (Wildman–Crippen LogP) is -1.81. The molecule has 1 aliphatic rings. The molecule has 0 aromatic carbocycles. The quantitative estimate of drug-likeness (QED) is 0.110. The van der Waals surface area contributed by atoms with E-state index in [-0.39, 0.29) is 29.9 Å².